The van der Waals surface area contributed by atoms with Crippen molar-refractivity contribution in [2.75, 3.05) is 20.8 Å². The maximum Gasteiger partial charge on any atom is 0.328 e. The van der Waals surface area contributed by atoms with Crippen molar-refractivity contribution >= 4 is 0 Å². The van der Waals surface area contributed by atoms with Crippen molar-refractivity contribution in [2.45, 2.75) is 18.2 Å². The van der Waals surface area contributed by atoms with Crippen LogP contribution in [0.15, 0.2) is 101 Å². The molecular formula is C28H28N2O6. The van der Waals surface area contributed by atoms with Gasteiger partial charge >= 0.3 is 5.69 Å². The zero-order valence-corrected chi connectivity index (χ0v) is 20.1. The topological polar surface area (TPSA) is 103 Å². The zero-order chi connectivity index (χ0) is 25.5. The number of nitrogens with zero attached hydrogens (tertiary/aromatic N) is 1. The first-order valence-corrected chi connectivity index (χ1v) is 11.4. The van der Waals surface area contributed by atoms with Gasteiger partial charge in [0.1, 0.15) is 17.1 Å². The molecule has 0 bridgehead atoms. The molecule has 8 nitrogen and oxygen atoms in total. The number of rotatable bonds is 10. The van der Waals surface area contributed by atoms with E-state index in [1.165, 1.54) is 16.8 Å². The Hall–Kier alpha value is -4.14. The summed E-state index contributed by atoms with van der Waals surface area (Å²) in [5.41, 5.74) is 0.330. The summed E-state index contributed by atoms with van der Waals surface area (Å²) in [6.07, 6.45) is 0.315. The Bertz CT molecular complexity index is 1330. The van der Waals surface area contributed by atoms with Crippen LogP contribution in [0.5, 0.6) is 11.5 Å². The monoisotopic (exact) mass is 488 g/mol. The highest BCUT2D eigenvalue weighted by molar-refractivity contribution is 5.49. The van der Waals surface area contributed by atoms with E-state index < -0.39 is 23.0 Å². The molecule has 1 heterocycles. The van der Waals surface area contributed by atoms with E-state index in [1.54, 1.807) is 14.2 Å². The Morgan fingerprint density at radius 3 is 1.83 bits per heavy atom. The standard InChI is InChI=1S/C28H28N2O6/c1-34-24-12-8-21(9-13-24)28(20-6-4-3-5-7-20,22-10-14-25(35-2)15-11-22)36-19-23(31)18-30-17-16-26(32)29-27(30)33/h3-17,23,31H,18-19H2,1-2H3,(H,29,32,33). The lowest BCUT2D eigenvalue weighted by Crippen LogP contribution is -2.38. The highest BCUT2D eigenvalue weighted by Gasteiger charge is 2.38. The van der Waals surface area contributed by atoms with E-state index in [-0.39, 0.29) is 13.2 Å². The SMILES string of the molecule is COc1ccc(C(OCC(O)Cn2ccc(=O)[nH]c2=O)(c2ccccc2)c2ccc(OC)cc2)cc1. The fourth-order valence-electron chi connectivity index (χ4n) is 4.16. The van der Waals surface area contributed by atoms with E-state index in [1.807, 2.05) is 78.9 Å². The van der Waals surface area contributed by atoms with Gasteiger partial charge in [0, 0.05) is 12.3 Å². The third-order valence-corrected chi connectivity index (χ3v) is 5.97. The number of aliphatic hydroxyl groups is 1. The molecule has 1 aromatic heterocycles. The van der Waals surface area contributed by atoms with E-state index in [2.05, 4.69) is 4.98 Å². The molecule has 0 saturated heterocycles. The largest absolute Gasteiger partial charge is 0.497 e. The molecule has 0 aliphatic heterocycles. The summed E-state index contributed by atoms with van der Waals surface area (Å²) >= 11 is 0. The van der Waals surface area contributed by atoms with Gasteiger partial charge in [0.2, 0.25) is 0 Å². The Kier molecular flexibility index (Phi) is 7.68. The van der Waals surface area contributed by atoms with Gasteiger partial charge in [-0.05, 0) is 41.0 Å². The normalized spacial score (nSPS) is 12.2. The van der Waals surface area contributed by atoms with Crippen molar-refractivity contribution in [1.29, 1.82) is 0 Å². The van der Waals surface area contributed by atoms with Crippen molar-refractivity contribution in [3.63, 3.8) is 0 Å². The lowest BCUT2D eigenvalue weighted by molar-refractivity contribution is -0.0426. The summed E-state index contributed by atoms with van der Waals surface area (Å²) in [7, 11) is 3.21. The second kappa shape index (κ2) is 11.1. The predicted octanol–water partition coefficient (Wildman–Crippen LogP) is 2.92. The zero-order valence-electron chi connectivity index (χ0n) is 20.1. The van der Waals surface area contributed by atoms with Crippen LogP contribution in [0.3, 0.4) is 0 Å². The summed E-state index contributed by atoms with van der Waals surface area (Å²) in [6, 6.07) is 26.1. The summed E-state index contributed by atoms with van der Waals surface area (Å²) in [6.45, 7) is -0.149. The van der Waals surface area contributed by atoms with Crippen LogP contribution >= 0.6 is 0 Å². The second-order valence-corrected chi connectivity index (χ2v) is 8.23. The van der Waals surface area contributed by atoms with E-state index in [0.717, 1.165) is 16.7 Å². The molecule has 0 radical (unpaired) electrons. The van der Waals surface area contributed by atoms with Crippen LogP contribution < -0.4 is 20.7 Å². The Morgan fingerprint density at radius 1 is 0.806 bits per heavy atom. The summed E-state index contributed by atoms with van der Waals surface area (Å²) < 4.78 is 18.6. The summed E-state index contributed by atoms with van der Waals surface area (Å²) in [4.78, 5) is 25.7. The van der Waals surface area contributed by atoms with Crippen LogP contribution in [0, 0.1) is 0 Å². The van der Waals surface area contributed by atoms with Crippen LogP contribution in [-0.4, -0.2) is 41.6 Å². The first kappa shape index (κ1) is 25.0. The number of aromatic nitrogens is 2. The average molecular weight is 489 g/mol. The number of hydrogen-bond donors (Lipinski definition) is 2. The van der Waals surface area contributed by atoms with Gasteiger partial charge in [-0.15, -0.1) is 0 Å². The fraction of sp³-hybridized carbons (Fsp3) is 0.214. The summed E-state index contributed by atoms with van der Waals surface area (Å²) in [5, 5.41) is 10.8. The molecule has 0 aliphatic rings. The van der Waals surface area contributed by atoms with Crippen LogP contribution in [0.25, 0.3) is 0 Å². The number of ether oxygens (including phenoxy) is 3. The number of nitrogens with one attached hydrogen (secondary N) is 1. The molecule has 4 rings (SSSR count). The number of aromatic amines is 1. The van der Waals surface area contributed by atoms with Gasteiger partial charge in [-0.25, -0.2) is 4.79 Å². The lowest BCUT2D eigenvalue weighted by Gasteiger charge is -2.36. The third kappa shape index (κ3) is 5.25. The number of H-pyrrole nitrogens is 1. The van der Waals surface area contributed by atoms with Crippen molar-refractivity contribution in [2.24, 2.45) is 0 Å². The van der Waals surface area contributed by atoms with Gasteiger partial charge in [-0.1, -0.05) is 54.6 Å². The molecule has 186 valence electrons. The van der Waals surface area contributed by atoms with Crippen LogP contribution in [0.1, 0.15) is 16.7 Å². The molecule has 8 heteroatoms. The molecule has 1 unspecified atom stereocenters. The number of aliphatic hydroxyl groups excluding tert-OH is 1. The molecule has 3 aromatic carbocycles. The first-order valence-electron chi connectivity index (χ1n) is 11.4. The highest BCUT2D eigenvalue weighted by atomic mass is 16.5. The quantitative estimate of drug-likeness (QED) is 0.333. The van der Waals surface area contributed by atoms with Crippen LogP contribution in [0.2, 0.25) is 0 Å². The van der Waals surface area contributed by atoms with Gasteiger partial charge in [0.15, 0.2) is 0 Å². The third-order valence-electron chi connectivity index (χ3n) is 5.97. The van der Waals surface area contributed by atoms with Crippen molar-refractivity contribution < 1.29 is 19.3 Å². The van der Waals surface area contributed by atoms with Crippen molar-refractivity contribution in [3.8, 4) is 11.5 Å². The second-order valence-electron chi connectivity index (χ2n) is 8.23. The number of benzene rings is 3. The van der Waals surface area contributed by atoms with Gasteiger partial charge in [0.05, 0.1) is 33.5 Å². The Balaban J connectivity index is 1.77. The molecule has 1 atom stereocenters. The number of hydrogen-bond acceptors (Lipinski definition) is 6. The molecule has 0 aliphatic carbocycles. The van der Waals surface area contributed by atoms with Crippen molar-refractivity contribution in [3.05, 3.63) is 129 Å². The highest BCUT2D eigenvalue weighted by Crippen LogP contribution is 2.41. The van der Waals surface area contributed by atoms with Crippen LogP contribution in [-0.2, 0) is 16.9 Å². The summed E-state index contributed by atoms with van der Waals surface area (Å²) in [5.74, 6) is 1.40. The molecule has 36 heavy (non-hydrogen) atoms. The van der Waals surface area contributed by atoms with E-state index in [0.29, 0.717) is 11.5 Å². The minimum atomic E-state index is -1.09. The first-order chi connectivity index (χ1) is 17.5. The molecule has 0 fully saturated rings. The van der Waals surface area contributed by atoms with Crippen molar-refractivity contribution in [1.82, 2.24) is 9.55 Å². The lowest BCUT2D eigenvalue weighted by atomic mass is 9.80. The van der Waals surface area contributed by atoms with Gasteiger partial charge in [-0.3, -0.25) is 14.3 Å². The maximum atomic E-state index is 12.1. The molecule has 0 spiro atoms. The smallest absolute Gasteiger partial charge is 0.328 e. The van der Waals surface area contributed by atoms with E-state index in [4.69, 9.17) is 14.2 Å². The van der Waals surface area contributed by atoms with E-state index >= 15 is 0 Å². The molecule has 2 N–H and O–H groups in total. The Labute approximate surface area is 208 Å². The molecule has 4 aromatic rings. The number of methoxy groups -OCH3 is 2. The molecule has 0 amide bonds. The van der Waals surface area contributed by atoms with E-state index in [9.17, 15) is 14.7 Å². The van der Waals surface area contributed by atoms with Gasteiger partial charge in [0.25, 0.3) is 5.56 Å². The minimum absolute atomic E-state index is 0.0499. The van der Waals surface area contributed by atoms with Gasteiger partial charge < -0.3 is 19.3 Å². The molecular weight excluding hydrogens is 460 g/mol. The van der Waals surface area contributed by atoms with Crippen LogP contribution in [0.4, 0.5) is 0 Å². The van der Waals surface area contributed by atoms with Gasteiger partial charge in [-0.2, -0.15) is 0 Å². The predicted molar refractivity (Wildman–Crippen MR) is 136 cm³/mol. The average Bonchev–Trinajstić information content (AvgIpc) is 2.92. The maximum absolute atomic E-state index is 12.1. The Morgan fingerprint density at radius 2 is 1.33 bits per heavy atom. The minimum Gasteiger partial charge on any atom is -0.497 e. The molecule has 0 saturated carbocycles. The fourth-order valence-corrected chi connectivity index (χ4v) is 4.16.